The van der Waals surface area contributed by atoms with Crippen LogP contribution in [0.4, 0.5) is 5.69 Å². The Morgan fingerprint density at radius 1 is 1.15 bits per heavy atom. The van der Waals surface area contributed by atoms with Gasteiger partial charge in [0, 0.05) is 16.9 Å². The summed E-state index contributed by atoms with van der Waals surface area (Å²) in [5.41, 5.74) is 2.05. The van der Waals surface area contributed by atoms with E-state index in [0.717, 1.165) is 16.9 Å². The maximum absolute atomic E-state index is 12.8. The molecule has 0 spiro atoms. The number of hydrogen-bond acceptors (Lipinski definition) is 4. The summed E-state index contributed by atoms with van der Waals surface area (Å²) in [6.07, 6.45) is 0.553. The highest BCUT2D eigenvalue weighted by Gasteiger charge is 2.29. The van der Waals surface area contributed by atoms with Crippen molar-refractivity contribution in [1.29, 1.82) is 0 Å². The molecule has 1 amide bonds. The van der Waals surface area contributed by atoms with E-state index in [1.165, 1.54) is 11.8 Å². The summed E-state index contributed by atoms with van der Waals surface area (Å²) in [5, 5.41) is 11.7. The van der Waals surface area contributed by atoms with E-state index in [-0.39, 0.29) is 11.7 Å². The van der Waals surface area contributed by atoms with Crippen molar-refractivity contribution in [2.24, 2.45) is 5.41 Å². The largest absolute Gasteiger partial charge is 0.496 e. The SMILES string of the molecule is COc1ccccc1CC(C)(C)C(=O)Nc1cccc(CSCC(=O)O)c1. The van der Waals surface area contributed by atoms with Gasteiger partial charge >= 0.3 is 5.97 Å². The predicted molar refractivity (Wildman–Crippen MR) is 109 cm³/mol. The lowest BCUT2D eigenvalue weighted by Crippen LogP contribution is -2.32. The van der Waals surface area contributed by atoms with E-state index < -0.39 is 11.4 Å². The first-order valence-corrected chi connectivity index (χ1v) is 9.79. The number of carboxylic acid groups (broad SMARTS) is 1. The van der Waals surface area contributed by atoms with Gasteiger partial charge in [0.25, 0.3) is 0 Å². The van der Waals surface area contributed by atoms with Crippen molar-refractivity contribution in [1.82, 2.24) is 0 Å². The summed E-state index contributed by atoms with van der Waals surface area (Å²) in [7, 11) is 1.62. The first-order valence-electron chi connectivity index (χ1n) is 8.63. The van der Waals surface area contributed by atoms with E-state index >= 15 is 0 Å². The molecule has 0 radical (unpaired) electrons. The van der Waals surface area contributed by atoms with Gasteiger partial charge in [0.1, 0.15) is 5.75 Å². The molecular formula is C21H25NO4S. The Morgan fingerprint density at radius 3 is 2.59 bits per heavy atom. The van der Waals surface area contributed by atoms with Crippen LogP contribution in [0.25, 0.3) is 0 Å². The fourth-order valence-electron chi connectivity index (χ4n) is 2.70. The van der Waals surface area contributed by atoms with Crippen LogP contribution in [0.2, 0.25) is 0 Å². The molecule has 0 unspecified atom stereocenters. The molecule has 0 bridgehead atoms. The van der Waals surface area contributed by atoms with Crippen LogP contribution >= 0.6 is 11.8 Å². The number of carbonyl (C=O) groups is 2. The zero-order valence-electron chi connectivity index (χ0n) is 15.8. The molecule has 0 atom stereocenters. The summed E-state index contributed by atoms with van der Waals surface area (Å²) in [4.78, 5) is 23.4. The number of benzene rings is 2. The minimum atomic E-state index is -0.831. The van der Waals surface area contributed by atoms with Crippen molar-refractivity contribution in [2.75, 3.05) is 18.2 Å². The van der Waals surface area contributed by atoms with Crippen LogP contribution < -0.4 is 10.1 Å². The molecule has 0 aliphatic heterocycles. The number of thioether (sulfide) groups is 1. The summed E-state index contributed by atoms with van der Waals surface area (Å²) < 4.78 is 5.38. The Morgan fingerprint density at radius 2 is 1.89 bits per heavy atom. The average molecular weight is 388 g/mol. The molecule has 144 valence electrons. The highest BCUT2D eigenvalue weighted by Crippen LogP contribution is 2.29. The molecule has 5 nitrogen and oxygen atoms in total. The monoisotopic (exact) mass is 387 g/mol. The quantitative estimate of drug-likeness (QED) is 0.674. The van der Waals surface area contributed by atoms with Crippen molar-refractivity contribution >= 4 is 29.3 Å². The van der Waals surface area contributed by atoms with Crippen LogP contribution in [0.15, 0.2) is 48.5 Å². The molecule has 2 rings (SSSR count). The second kappa shape index (κ2) is 9.46. The number of amides is 1. The number of para-hydroxylation sites is 1. The maximum Gasteiger partial charge on any atom is 0.313 e. The number of methoxy groups -OCH3 is 1. The third kappa shape index (κ3) is 6.32. The Kier molecular flexibility index (Phi) is 7.30. The zero-order valence-corrected chi connectivity index (χ0v) is 16.6. The van der Waals surface area contributed by atoms with Crippen LogP contribution in [-0.4, -0.2) is 29.8 Å². The van der Waals surface area contributed by atoms with E-state index in [1.807, 2.05) is 62.4 Å². The summed E-state index contributed by atoms with van der Waals surface area (Å²) in [5.74, 6) is 0.505. The van der Waals surface area contributed by atoms with Crippen LogP contribution in [0.5, 0.6) is 5.75 Å². The average Bonchev–Trinajstić information content (AvgIpc) is 2.62. The first-order chi connectivity index (χ1) is 12.8. The maximum atomic E-state index is 12.8. The molecule has 0 aromatic heterocycles. The highest BCUT2D eigenvalue weighted by atomic mass is 32.2. The molecular weight excluding hydrogens is 362 g/mol. The number of aliphatic carboxylic acids is 1. The molecule has 0 aliphatic rings. The van der Waals surface area contributed by atoms with Gasteiger partial charge in [-0.05, 0) is 35.7 Å². The van der Waals surface area contributed by atoms with Crippen LogP contribution in [0.1, 0.15) is 25.0 Å². The van der Waals surface area contributed by atoms with Crippen molar-refractivity contribution in [2.45, 2.75) is 26.0 Å². The second-order valence-electron chi connectivity index (χ2n) is 6.91. The van der Waals surface area contributed by atoms with Gasteiger partial charge in [0.15, 0.2) is 0 Å². The smallest absolute Gasteiger partial charge is 0.313 e. The van der Waals surface area contributed by atoms with Crippen molar-refractivity contribution in [3.05, 3.63) is 59.7 Å². The molecule has 2 aromatic carbocycles. The summed E-state index contributed by atoms with van der Waals surface area (Å²) >= 11 is 1.33. The fraction of sp³-hybridized carbons (Fsp3) is 0.333. The van der Waals surface area contributed by atoms with E-state index in [1.54, 1.807) is 7.11 Å². The third-order valence-electron chi connectivity index (χ3n) is 4.12. The van der Waals surface area contributed by atoms with Gasteiger partial charge in [-0.15, -0.1) is 11.8 Å². The van der Waals surface area contributed by atoms with Crippen LogP contribution in [0.3, 0.4) is 0 Å². The zero-order chi connectivity index (χ0) is 19.9. The number of nitrogens with one attached hydrogen (secondary N) is 1. The normalized spacial score (nSPS) is 11.1. The van der Waals surface area contributed by atoms with Crippen molar-refractivity contribution < 1.29 is 19.4 Å². The minimum Gasteiger partial charge on any atom is -0.496 e. The van der Waals surface area contributed by atoms with E-state index in [0.29, 0.717) is 17.9 Å². The van der Waals surface area contributed by atoms with Gasteiger partial charge in [0.05, 0.1) is 12.9 Å². The predicted octanol–water partition coefficient (Wildman–Crippen LogP) is 4.22. The molecule has 0 aliphatic carbocycles. The van der Waals surface area contributed by atoms with Crippen molar-refractivity contribution in [3.63, 3.8) is 0 Å². The van der Waals surface area contributed by atoms with E-state index in [9.17, 15) is 9.59 Å². The minimum absolute atomic E-state index is 0.0581. The van der Waals surface area contributed by atoms with Crippen LogP contribution in [-0.2, 0) is 21.8 Å². The number of carbonyl (C=O) groups excluding carboxylic acids is 1. The number of hydrogen-bond donors (Lipinski definition) is 2. The Hall–Kier alpha value is -2.47. The number of carboxylic acids is 1. The van der Waals surface area contributed by atoms with E-state index in [2.05, 4.69) is 5.32 Å². The highest BCUT2D eigenvalue weighted by molar-refractivity contribution is 7.99. The van der Waals surface area contributed by atoms with Crippen molar-refractivity contribution in [3.8, 4) is 5.75 Å². The second-order valence-corrected chi connectivity index (χ2v) is 7.90. The van der Waals surface area contributed by atoms with Crippen LogP contribution in [0, 0.1) is 5.41 Å². The van der Waals surface area contributed by atoms with Gasteiger partial charge < -0.3 is 15.2 Å². The van der Waals surface area contributed by atoms with Gasteiger partial charge in [-0.3, -0.25) is 9.59 Å². The van der Waals surface area contributed by atoms with E-state index in [4.69, 9.17) is 9.84 Å². The topological polar surface area (TPSA) is 75.6 Å². The van der Waals surface area contributed by atoms with Gasteiger partial charge in [-0.25, -0.2) is 0 Å². The number of ether oxygens (including phenoxy) is 1. The molecule has 0 heterocycles. The first kappa shape index (κ1) is 20.8. The molecule has 2 aromatic rings. The third-order valence-corrected chi connectivity index (χ3v) is 5.11. The van der Waals surface area contributed by atoms with Gasteiger partial charge in [-0.2, -0.15) is 0 Å². The number of anilines is 1. The van der Waals surface area contributed by atoms with Gasteiger partial charge in [-0.1, -0.05) is 44.2 Å². The number of rotatable bonds is 9. The summed E-state index contributed by atoms with van der Waals surface area (Å²) in [6, 6.07) is 15.2. The molecule has 0 fully saturated rings. The molecule has 27 heavy (non-hydrogen) atoms. The molecule has 0 saturated heterocycles. The standard InChI is InChI=1S/C21H25NO4S/c1-21(2,12-16-8-4-5-10-18(16)26-3)20(25)22-17-9-6-7-15(11-17)13-27-14-19(23)24/h4-11H,12-14H2,1-3H3,(H,22,25)(H,23,24). The Labute approximate surface area is 164 Å². The Bertz CT molecular complexity index is 804. The lowest BCUT2D eigenvalue weighted by molar-refractivity contribution is -0.134. The van der Waals surface area contributed by atoms with Gasteiger partial charge in [0.2, 0.25) is 5.91 Å². The Balaban J connectivity index is 2.03. The lowest BCUT2D eigenvalue weighted by atomic mass is 9.84. The fourth-order valence-corrected chi connectivity index (χ4v) is 3.39. The molecule has 6 heteroatoms. The molecule has 2 N–H and O–H groups in total. The summed E-state index contributed by atoms with van der Waals surface area (Å²) in [6.45, 7) is 3.81. The molecule has 0 saturated carbocycles. The lowest BCUT2D eigenvalue weighted by Gasteiger charge is -2.24.